The van der Waals surface area contributed by atoms with Gasteiger partial charge >= 0.3 is 6.61 Å². The second-order valence-corrected chi connectivity index (χ2v) is 2.95. The number of nitrogens with zero attached hydrogens (tertiary/aromatic N) is 1. The molecule has 0 heterocycles. The van der Waals surface area contributed by atoms with E-state index in [-0.39, 0.29) is 29.1 Å². The number of carbonyl (C=O) groups excluding carboxylic acids is 1. The number of rotatable bonds is 4. The van der Waals surface area contributed by atoms with Gasteiger partial charge in [0.25, 0.3) is 0 Å². The lowest BCUT2D eigenvalue weighted by atomic mass is 10.0. The lowest BCUT2D eigenvalue weighted by Gasteiger charge is -2.08. The molecule has 0 aliphatic heterocycles. The molecular formula is C11H9F2NO2. The number of halogens is 2. The Morgan fingerprint density at radius 1 is 1.56 bits per heavy atom. The summed E-state index contributed by atoms with van der Waals surface area (Å²) in [6.45, 7) is -1.39. The summed E-state index contributed by atoms with van der Waals surface area (Å²) in [7, 11) is 0. The van der Waals surface area contributed by atoms with E-state index in [9.17, 15) is 13.6 Å². The van der Waals surface area contributed by atoms with Gasteiger partial charge in [0.2, 0.25) is 0 Å². The van der Waals surface area contributed by atoms with Gasteiger partial charge in [-0.1, -0.05) is 13.0 Å². The number of ether oxygens (including phenoxy) is 1. The van der Waals surface area contributed by atoms with Crippen molar-refractivity contribution in [1.29, 1.82) is 5.26 Å². The molecule has 0 aromatic heterocycles. The molecule has 1 rings (SSSR count). The van der Waals surface area contributed by atoms with Crippen LogP contribution in [0, 0.1) is 11.3 Å². The minimum atomic E-state index is -3.01. The van der Waals surface area contributed by atoms with Crippen LogP contribution in [0.25, 0.3) is 0 Å². The maximum Gasteiger partial charge on any atom is 0.387 e. The normalized spacial score (nSPS) is 9.94. The topological polar surface area (TPSA) is 50.1 Å². The molecule has 0 bridgehead atoms. The first-order chi connectivity index (χ1) is 7.60. The van der Waals surface area contributed by atoms with Crippen molar-refractivity contribution in [2.45, 2.75) is 20.0 Å². The molecule has 0 aliphatic rings. The average molecular weight is 225 g/mol. The van der Waals surface area contributed by atoms with Crippen LogP contribution >= 0.6 is 0 Å². The third kappa shape index (κ3) is 2.54. The minimum absolute atomic E-state index is 0.114. The van der Waals surface area contributed by atoms with E-state index in [1.165, 1.54) is 18.2 Å². The second-order valence-electron chi connectivity index (χ2n) is 2.95. The van der Waals surface area contributed by atoms with Gasteiger partial charge in [0.1, 0.15) is 17.4 Å². The Morgan fingerprint density at radius 3 is 2.75 bits per heavy atom. The molecular weight excluding hydrogens is 216 g/mol. The van der Waals surface area contributed by atoms with Gasteiger partial charge < -0.3 is 4.74 Å². The highest BCUT2D eigenvalue weighted by molar-refractivity contribution is 5.98. The number of nitriles is 1. The first kappa shape index (κ1) is 12.1. The fourth-order valence-electron chi connectivity index (χ4n) is 1.26. The predicted molar refractivity (Wildman–Crippen MR) is 52.4 cm³/mol. The molecule has 0 atom stereocenters. The molecule has 0 saturated heterocycles. The first-order valence-electron chi connectivity index (χ1n) is 4.61. The van der Waals surface area contributed by atoms with Crippen molar-refractivity contribution < 1.29 is 18.3 Å². The van der Waals surface area contributed by atoms with Crippen LogP contribution < -0.4 is 4.74 Å². The number of alkyl halides is 2. The highest BCUT2D eigenvalue weighted by Gasteiger charge is 2.16. The van der Waals surface area contributed by atoms with Crippen LogP contribution in [0.3, 0.4) is 0 Å². The Balaban J connectivity index is 3.22. The summed E-state index contributed by atoms with van der Waals surface area (Å²) in [5, 5.41) is 8.83. The predicted octanol–water partition coefficient (Wildman–Crippen LogP) is 2.75. The molecule has 0 unspecified atom stereocenters. The van der Waals surface area contributed by atoms with E-state index in [0.29, 0.717) is 0 Å². The Morgan fingerprint density at radius 2 is 2.25 bits per heavy atom. The second kappa shape index (κ2) is 5.21. The molecule has 5 heteroatoms. The number of hydrogen-bond acceptors (Lipinski definition) is 3. The molecule has 1 aromatic rings. The smallest absolute Gasteiger partial charge is 0.387 e. The summed E-state index contributed by atoms with van der Waals surface area (Å²) < 4.78 is 28.2. The lowest BCUT2D eigenvalue weighted by Crippen LogP contribution is -2.07. The molecule has 3 nitrogen and oxygen atoms in total. The fraction of sp³-hybridized carbons (Fsp3) is 0.273. The van der Waals surface area contributed by atoms with Crippen molar-refractivity contribution in [3.63, 3.8) is 0 Å². The molecule has 0 spiro atoms. The summed E-state index contributed by atoms with van der Waals surface area (Å²) in [5.41, 5.74) is -0.0298. The third-order valence-corrected chi connectivity index (χ3v) is 1.98. The highest BCUT2D eigenvalue weighted by atomic mass is 19.3. The number of hydrogen-bond donors (Lipinski definition) is 0. The Bertz CT molecular complexity index is 438. The molecule has 16 heavy (non-hydrogen) atoms. The average Bonchev–Trinajstić information content (AvgIpc) is 2.27. The third-order valence-electron chi connectivity index (χ3n) is 1.98. The maximum absolute atomic E-state index is 12.0. The van der Waals surface area contributed by atoms with E-state index in [2.05, 4.69) is 4.74 Å². The summed E-state index contributed by atoms with van der Waals surface area (Å²) >= 11 is 0. The van der Waals surface area contributed by atoms with Gasteiger partial charge in [0, 0.05) is 12.0 Å². The summed E-state index contributed by atoms with van der Waals surface area (Å²) in [5.74, 6) is -0.548. The van der Waals surface area contributed by atoms with Crippen LogP contribution in [-0.4, -0.2) is 12.4 Å². The van der Waals surface area contributed by atoms with Crippen LogP contribution in [0.4, 0.5) is 8.78 Å². The molecule has 0 amide bonds. The molecule has 0 fully saturated rings. The quantitative estimate of drug-likeness (QED) is 0.740. The van der Waals surface area contributed by atoms with Crippen molar-refractivity contribution >= 4 is 5.78 Å². The fourth-order valence-corrected chi connectivity index (χ4v) is 1.26. The molecule has 0 radical (unpaired) electrons. The maximum atomic E-state index is 12.0. The van der Waals surface area contributed by atoms with Gasteiger partial charge in [-0.2, -0.15) is 14.0 Å². The Hall–Kier alpha value is -1.96. The van der Waals surface area contributed by atoms with Crippen molar-refractivity contribution in [1.82, 2.24) is 0 Å². The van der Waals surface area contributed by atoms with E-state index >= 15 is 0 Å². The minimum Gasteiger partial charge on any atom is -0.433 e. The van der Waals surface area contributed by atoms with Crippen molar-refractivity contribution in [2.75, 3.05) is 0 Å². The Kier molecular flexibility index (Phi) is 3.95. The van der Waals surface area contributed by atoms with Crippen LogP contribution in [0.5, 0.6) is 5.75 Å². The van der Waals surface area contributed by atoms with Gasteiger partial charge in [0.15, 0.2) is 5.78 Å². The largest absolute Gasteiger partial charge is 0.433 e. The zero-order valence-electron chi connectivity index (χ0n) is 8.54. The summed E-state index contributed by atoms with van der Waals surface area (Å²) in [6, 6.07) is 5.76. The zero-order valence-corrected chi connectivity index (χ0v) is 8.54. The van der Waals surface area contributed by atoms with Gasteiger partial charge in [-0.05, 0) is 12.1 Å². The van der Waals surface area contributed by atoms with E-state index in [1.54, 1.807) is 13.0 Å². The van der Waals surface area contributed by atoms with E-state index in [0.717, 1.165) is 0 Å². The SMILES string of the molecule is CCC(=O)c1cccc(OC(F)F)c1C#N. The molecule has 0 aliphatic carbocycles. The number of benzene rings is 1. The lowest BCUT2D eigenvalue weighted by molar-refractivity contribution is -0.0500. The van der Waals surface area contributed by atoms with Crippen molar-refractivity contribution in [2.24, 2.45) is 0 Å². The number of carbonyl (C=O) groups is 1. The number of Topliss-reactive ketones (excluding diaryl/α,β-unsaturated/α-hetero) is 1. The van der Waals surface area contributed by atoms with Gasteiger partial charge in [-0.25, -0.2) is 0 Å². The van der Waals surface area contributed by atoms with Crippen LogP contribution in [0.15, 0.2) is 18.2 Å². The summed E-state index contributed by atoms with van der Waals surface area (Å²) in [6.07, 6.45) is 0.201. The molecule has 1 aromatic carbocycles. The monoisotopic (exact) mass is 225 g/mol. The van der Waals surface area contributed by atoms with Crippen LogP contribution in [-0.2, 0) is 0 Å². The van der Waals surface area contributed by atoms with Gasteiger partial charge in [-0.15, -0.1) is 0 Å². The van der Waals surface area contributed by atoms with E-state index < -0.39 is 6.61 Å². The standard InChI is InChI=1S/C11H9F2NO2/c1-2-9(15)7-4-3-5-10(8(7)6-14)16-11(12)13/h3-5,11H,2H2,1H3. The molecule has 0 saturated carbocycles. The van der Waals surface area contributed by atoms with E-state index in [4.69, 9.17) is 5.26 Å². The van der Waals surface area contributed by atoms with Gasteiger partial charge in [0.05, 0.1) is 0 Å². The van der Waals surface area contributed by atoms with Gasteiger partial charge in [-0.3, -0.25) is 4.79 Å². The molecule has 0 N–H and O–H groups in total. The zero-order chi connectivity index (χ0) is 12.1. The summed E-state index contributed by atoms with van der Waals surface area (Å²) in [4.78, 5) is 11.4. The molecule has 84 valence electrons. The van der Waals surface area contributed by atoms with Crippen LogP contribution in [0.2, 0.25) is 0 Å². The Labute approximate surface area is 91.3 Å². The van der Waals surface area contributed by atoms with Crippen molar-refractivity contribution in [3.05, 3.63) is 29.3 Å². The van der Waals surface area contributed by atoms with Crippen LogP contribution in [0.1, 0.15) is 29.3 Å². The highest BCUT2D eigenvalue weighted by Crippen LogP contribution is 2.24. The van der Waals surface area contributed by atoms with Crippen molar-refractivity contribution in [3.8, 4) is 11.8 Å². The van der Waals surface area contributed by atoms with E-state index in [1.807, 2.05) is 0 Å². The number of ketones is 1. The first-order valence-corrected chi connectivity index (χ1v) is 4.61.